The molecule has 5 atom stereocenters. The molecule has 0 spiro atoms. The second kappa shape index (κ2) is 7.80. The van der Waals surface area contributed by atoms with Gasteiger partial charge in [0, 0.05) is 26.0 Å². The zero-order chi connectivity index (χ0) is 18.8. The molecule has 1 aliphatic heterocycles. The van der Waals surface area contributed by atoms with Crippen molar-refractivity contribution in [3.63, 3.8) is 0 Å². The second-order valence-electron chi connectivity index (χ2n) is 6.14. The number of ether oxygens (including phenoxy) is 3. The highest BCUT2D eigenvalue weighted by molar-refractivity contribution is 7.60. The van der Waals surface area contributed by atoms with Gasteiger partial charge in [-0.25, -0.2) is 4.79 Å². The number of nitrogens with zero attached hydrogens (tertiary/aromatic N) is 1. The predicted molar refractivity (Wildman–Crippen MR) is 90.9 cm³/mol. The van der Waals surface area contributed by atoms with Gasteiger partial charge in [0.05, 0.1) is 6.10 Å². The smallest absolute Gasteiger partial charge is 0.330 e. The molecular formula is C15H23N2O7P. The molecule has 9 nitrogen and oxygen atoms in total. The molecule has 1 aromatic rings. The van der Waals surface area contributed by atoms with Crippen LogP contribution >= 0.6 is 7.37 Å². The van der Waals surface area contributed by atoms with Crippen molar-refractivity contribution in [1.82, 2.24) is 9.55 Å². The summed E-state index contributed by atoms with van der Waals surface area (Å²) in [5.74, 6) is 1.17. The molecule has 0 aliphatic carbocycles. The average Bonchev–Trinajstić information content (AvgIpc) is 2.81. The molecule has 0 aromatic carbocycles. The van der Waals surface area contributed by atoms with Gasteiger partial charge in [0.1, 0.15) is 18.3 Å². The van der Waals surface area contributed by atoms with E-state index in [1.807, 2.05) is 13.8 Å². The lowest BCUT2D eigenvalue weighted by Gasteiger charge is -2.24. The molecular weight excluding hydrogens is 351 g/mol. The summed E-state index contributed by atoms with van der Waals surface area (Å²) in [6.07, 6.45) is -0.216. The van der Waals surface area contributed by atoms with Gasteiger partial charge in [0.25, 0.3) is 5.56 Å². The van der Waals surface area contributed by atoms with Gasteiger partial charge in [-0.3, -0.25) is 18.9 Å². The number of hydrogen-bond donors (Lipinski definition) is 2. The first-order valence-corrected chi connectivity index (χ1v) is 9.94. The van der Waals surface area contributed by atoms with E-state index in [-0.39, 0.29) is 6.10 Å². The molecule has 0 radical (unpaired) electrons. The Kier molecular flexibility index (Phi) is 6.18. The zero-order valence-electron chi connectivity index (χ0n) is 14.5. The number of aromatic nitrogens is 2. The summed E-state index contributed by atoms with van der Waals surface area (Å²) >= 11 is 0. The fourth-order valence-corrected chi connectivity index (χ4v) is 3.12. The van der Waals surface area contributed by atoms with Gasteiger partial charge in [0.15, 0.2) is 6.23 Å². The van der Waals surface area contributed by atoms with Gasteiger partial charge >= 0.3 is 5.69 Å². The molecule has 140 valence electrons. The third-order valence-corrected chi connectivity index (χ3v) is 4.33. The quantitative estimate of drug-likeness (QED) is 0.702. The number of methoxy groups -OCH3 is 1. The van der Waals surface area contributed by atoms with Crippen LogP contribution in [-0.4, -0.2) is 52.6 Å². The highest BCUT2D eigenvalue weighted by Gasteiger charge is 2.46. The largest absolute Gasteiger partial charge is 0.374 e. The second-order valence-corrected chi connectivity index (χ2v) is 8.33. The molecule has 1 unspecified atom stereocenters. The zero-order valence-corrected chi connectivity index (χ0v) is 15.4. The molecule has 1 fully saturated rings. The highest BCUT2D eigenvalue weighted by Crippen LogP contribution is 2.39. The Balaban J connectivity index is 2.41. The number of H-pyrrole nitrogens is 1. The van der Waals surface area contributed by atoms with Crippen molar-refractivity contribution < 1.29 is 23.7 Å². The van der Waals surface area contributed by atoms with Gasteiger partial charge in [0.2, 0.25) is 7.37 Å². The van der Waals surface area contributed by atoms with Crippen molar-refractivity contribution in [3.05, 3.63) is 45.0 Å². The minimum absolute atomic E-state index is 0.157. The minimum atomic E-state index is -3.39. The summed E-state index contributed by atoms with van der Waals surface area (Å²) < 4.78 is 29.9. The van der Waals surface area contributed by atoms with Gasteiger partial charge in [-0.15, -0.1) is 0 Å². The first kappa shape index (κ1) is 19.8. The van der Waals surface area contributed by atoms with Crippen molar-refractivity contribution in [2.75, 3.05) is 13.8 Å². The van der Waals surface area contributed by atoms with E-state index in [9.17, 15) is 19.0 Å². The summed E-state index contributed by atoms with van der Waals surface area (Å²) in [5.41, 5.74) is -1.16. The van der Waals surface area contributed by atoms with E-state index in [2.05, 4.69) is 4.98 Å². The third kappa shape index (κ3) is 4.99. The van der Waals surface area contributed by atoms with Gasteiger partial charge in [-0.1, -0.05) is 0 Å². The highest BCUT2D eigenvalue weighted by atomic mass is 31.2. The van der Waals surface area contributed by atoms with Crippen LogP contribution in [0.2, 0.25) is 0 Å². The van der Waals surface area contributed by atoms with Crippen molar-refractivity contribution in [2.24, 2.45) is 0 Å². The van der Waals surface area contributed by atoms with Gasteiger partial charge in [-0.05, 0) is 25.7 Å². The maximum absolute atomic E-state index is 12.1. The fraction of sp³-hybridized carbons (Fsp3) is 0.600. The Morgan fingerprint density at radius 1 is 1.40 bits per heavy atom. The van der Waals surface area contributed by atoms with E-state index in [1.54, 1.807) is 0 Å². The molecule has 2 N–H and O–H groups in total. The molecule has 1 aromatic heterocycles. The van der Waals surface area contributed by atoms with Crippen molar-refractivity contribution in [1.29, 1.82) is 0 Å². The van der Waals surface area contributed by atoms with E-state index in [4.69, 9.17) is 14.2 Å². The van der Waals surface area contributed by atoms with Gasteiger partial charge < -0.3 is 19.1 Å². The van der Waals surface area contributed by atoms with Crippen LogP contribution in [0.3, 0.4) is 0 Å². The Hall–Kier alpha value is -1.51. The van der Waals surface area contributed by atoms with Crippen LogP contribution in [0.4, 0.5) is 0 Å². The summed E-state index contributed by atoms with van der Waals surface area (Å²) in [7, 11) is -1.93. The summed E-state index contributed by atoms with van der Waals surface area (Å²) in [4.78, 5) is 35.0. The Morgan fingerprint density at radius 2 is 2.08 bits per heavy atom. The standard InChI is InChI=1S/C15H23N2O7P/c1-9(2)23-12-10(6-8-25(4,20)21)24-14(13(12)22-3)17-7-5-11(18)16-15(17)19/h5-10,12-14H,1-4H3,(H,20,21)(H,16,18,19)/b8-6+/t10-,12-,13-,14-/m1/s1. The molecule has 2 rings (SSSR count). The normalized spacial score (nSPS) is 29.4. The lowest BCUT2D eigenvalue weighted by atomic mass is 10.1. The summed E-state index contributed by atoms with van der Waals surface area (Å²) in [5, 5.41) is 0. The van der Waals surface area contributed by atoms with E-state index >= 15 is 0 Å². The van der Waals surface area contributed by atoms with Crippen LogP contribution in [0.15, 0.2) is 33.7 Å². The maximum Gasteiger partial charge on any atom is 0.330 e. The molecule has 2 heterocycles. The Morgan fingerprint density at radius 3 is 2.60 bits per heavy atom. The lowest BCUT2D eigenvalue weighted by Crippen LogP contribution is -2.40. The monoisotopic (exact) mass is 374 g/mol. The topological polar surface area (TPSA) is 120 Å². The van der Waals surface area contributed by atoms with Crippen molar-refractivity contribution >= 4 is 7.37 Å². The molecule has 1 saturated heterocycles. The van der Waals surface area contributed by atoms with Crippen LogP contribution in [0.25, 0.3) is 0 Å². The molecule has 1 aliphatic rings. The molecule has 10 heteroatoms. The first-order valence-electron chi connectivity index (χ1n) is 7.77. The van der Waals surface area contributed by atoms with E-state index < -0.39 is 43.2 Å². The fourth-order valence-electron chi connectivity index (χ4n) is 2.64. The first-order chi connectivity index (χ1) is 11.6. The Labute approximate surface area is 144 Å². The number of nitrogens with one attached hydrogen (secondary N) is 1. The average molecular weight is 374 g/mol. The molecule has 25 heavy (non-hydrogen) atoms. The minimum Gasteiger partial charge on any atom is -0.374 e. The number of hydrogen-bond acceptors (Lipinski definition) is 6. The lowest BCUT2D eigenvalue weighted by molar-refractivity contribution is -0.0768. The van der Waals surface area contributed by atoms with Crippen LogP contribution in [0.1, 0.15) is 20.1 Å². The number of rotatable bonds is 6. The van der Waals surface area contributed by atoms with Crippen LogP contribution in [0.5, 0.6) is 0 Å². The molecule has 0 bridgehead atoms. The van der Waals surface area contributed by atoms with Crippen molar-refractivity contribution in [2.45, 2.75) is 44.5 Å². The van der Waals surface area contributed by atoms with E-state index in [0.717, 1.165) is 0 Å². The molecule has 0 amide bonds. The summed E-state index contributed by atoms with van der Waals surface area (Å²) in [6.45, 7) is 4.88. The van der Waals surface area contributed by atoms with Crippen molar-refractivity contribution in [3.8, 4) is 0 Å². The maximum atomic E-state index is 12.1. The SMILES string of the molecule is CO[C@@H]1[C@H](OC(C)C)[C@@H](/C=C/P(C)(=O)O)O[C@H]1n1ccc(=O)[nH]c1=O. The van der Waals surface area contributed by atoms with Gasteiger partial charge in [-0.2, -0.15) is 0 Å². The van der Waals surface area contributed by atoms with E-state index in [0.29, 0.717) is 0 Å². The van der Waals surface area contributed by atoms with Crippen LogP contribution < -0.4 is 11.2 Å². The van der Waals surface area contributed by atoms with Crippen LogP contribution in [0, 0.1) is 0 Å². The van der Waals surface area contributed by atoms with E-state index in [1.165, 1.54) is 42.5 Å². The molecule has 0 saturated carbocycles. The predicted octanol–water partition coefficient (Wildman–Crippen LogP) is 0.656. The Bertz CT molecular complexity index is 779. The summed E-state index contributed by atoms with van der Waals surface area (Å²) in [6, 6.07) is 1.20. The third-order valence-electron chi connectivity index (χ3n) is 3.60. The number of aromatic amines is 1. The van der Waals surface area contributed by atoms with Crippen LogP contribution in [-0.2, 0) is 18.8 Å².